The number of nitrogens with one attached hydrogen (secondary N) is 1. The minimum Gasteiger partial charge on any atom is -0.497 e. The number of carbonyl (C=O) groups excluding carboxylic acids is 2. The van der Waals surface area contributed by atoms with Crippen molar-refractivity contribution in [2.75, 3.05) is 18.0 Å². The minimum atomic E-state index is -4.10. The third-order valence-corrected chi connectivity index (χ3v) is 8.12. The highest BCUT2D eigenvalue weighted by molar-refractivity contribution is 7.92. The van der Waals surface area contributed by atoms with Crippen molar-refractivity contribution in [3.63, 3.8) is 0 Å². The highest BCUT2D eigenvalue weighted by Crippen LogP contribution is 2.28. The van der Waals surface area contributed by atoms with E-state index in [0.717, 1.165) is 21.0 Å². The number of ether oxygens (including phenoxy) is 1. The normalized spacial score (nSPS) is 12.1. The molecule has 2 amide bonds. The number of anilines is 1. The van der Waals surface area contributed by atoms with Crippen LogP contribution in [0.3, 0.4) is 0 Å². The van der Waals surface area contributed by atoms with Gasteiger partial charge in [0.25, 0.3) is 10.0 Å². The van der Waals surface area contributed by atoms with Crippen LogP contribution in [-0.4, -0.2) is 50.9 Å². The van der Waals surface area contributed by atoms with Crippen LogP contribution in [0.2, 0.25) is 0 Å². The predicted molar refractivity (Wildman–Crippen MR) is 153 cm³/mol. The molecule has 1 atom stereocenters. The molecule has 0 aliphatic rings. The standard InChI is InChI=1S/C30H37N3O5S/c1-21(2)31-30(35)24(5)32(19-25-13-15-26(38-6)16-14-25)29(34)20-33(28-17-12-22(3)18-23(28)4)39(36,37)27-10-8-7-9-11-27/h7-18,21,24H,19-20H2,1-6H3,(H,31,35)/t24-/m0/s1. The van der Waals surface area contributed by atoms with Gasteiger partial charge in [-0.05, 0) is 76.1 Å². The summed E-state index contributed by atoms with van der Waals surface area (Å²) in [4.78, 5) is 28.4. The van der Waals surface area contributed by atoms with Crippen LogP contribution in [0.25, 0.3) is 0 Å². The van der Waals surface area contributed by atoms with Gasteiger partial charge in [-0.25, -0.2) is 8.42 Å². The molecule has 0 bridgehead atoms. The SMILES string of the molecule is COc1ccc(CN(C(=O)CN(c2ccc(C)cc2C)S(=O)(=O)c2ccccc2)[C@@H](C)C(=O)NC(C)C)cc1. The quantitative estimate of drug-likeness (QED) is 0.380. The molecule has 39 heavy (non-hydrogen) atoms. The number of carbonyl (C=O) groups is 2. The Morgan fingerprint density at radius 2 is 1.56 bits per heavy atom. The Labute approximate surface area is 231 Å². The molecule has 0 saturated carbocycles. The van der Waals surface area contributed by atoms with E-state index in [1.165, 1.54) is 17.0 Å². The first kappa shape index (κ1) is 29.7. The van der Waals surface area contributed by atoms with Gasteiger partial charge in [-0.15, -0.1) is 0 Å². The van der Waals surface area contributed by atoms with Gasteiger partial charge in [-0.1, -0.05) is 48.0 Å². The van der Waals surface area contributed by atoms with E-state index in [1.807, 2.05) is 52.0 Å². The van der Waals surface area contributed by atoms with Gasteiger partial charge in [0.2, 0.25) is 11.8 Å². The van der Waals surface area contributed by atoms with Gasteiger partial charge < -0.3 is 15.0 Å². The number of benzene rings is 3. The van der Waals surface area contributed by atoms with Crippen LogP contribution < -0.4 is 14.4 Å². The van der Waals surface area contributed by atoms with Crippen molar-refractivity contribution >= 4 is 27.5 Å². The number of aryl methyl sites for hydroxylation is 2. The van der Waals surface area contributed by atoms with E-state index in [2.05, 4.69) is 5.32 Å². The molecule has 0 aliphatic carbocycles. The maximum Gasteiger partial charge on any atom is 0.264 e. The van der Waals surface area contributed by atoms with Crippen LogP contribution in [0.15, 0.2) is 77.7 Å². The van der Waals surface area contributed by atoms with Crippen LogP contribution in [0.5, 0.6) is 5.75 Å². The molecule has 0 radical (unpaired) electrons. The fourth-order valence-electron chi connectivity index (χ4n) is 4.23. The average Bonchev–Trinajstić information content (AvgIpc) is 2.90. The van der Waals surface area contributed by atoms with Crippen LogP contribution in [-0.2, 0) is 26.2 Å². The molecule has 208 valence electrons. The van der Waals surface area contributed by atoms with Crippen molar-refractivity contribution in [2.24, 2.45) is 0 Å². The number of amides is 2. The highest BCUT2D eigenvalue weighted by Gasteiger charge is 2.33. The maximum absolute atomic E-state index is 14.0. The largest absolute Gasteiger partial charge is 0.497 e. The van der Waals surface area contributed by atoms with Crippen molar-refractivity contribution in [1.82, 2.24) is 10.2 Å². The zero-order chi connectivity index (χ0) is 28.7. The lowest BCUT2D eigenvalue weighted by molar-refractivity contribution is -0.139. The van der Waals surface area contributed by atoms with Crippen LogP contribution in [0, 0.1) is 13.8 Å². The Hall–Kier alpha value is -3.85. The van der Waals surface area contributed by atoms with Gasteiger partial charge in [0.15, 0.2) is 0 Å². The molecule has 0 heterocycles. The number of sulfonamides is 1. The first-order valence-electron chi connectivity index (χ1n) is 12.8. The smallest absolute Gasteiger partial charge is 0.264 e. The average molecular weight is 552 g/mol. The Kier molecular flexibility index (Phi) is 9.75. The predicted octanol–water partition coefficient (Wildman–Crippen LogP) is 4.45. The molecule has 1 N–H and O–H groups in total. The molecule has 0 saturated heterocycles. The zero-order valence-corrected chi connectivity index (χ0v) is 24.2. The molecule has 0 aromatic heterocycles. The molecule has 3 aromatic rings. The van der Waals surface area contributed by atoms with Gasteiger partial charge in [0.05, 0.1) is 17.7 Å². The van der Waals surface area contributed by atoms with E-state index in [9.17, 15) is 18.0 Å². The number of nitrogens with zero attached hydrogens (tertiary/aromatic N) is 2. The van der Waals surface area contributed by atoms with Crippen molar-refractivity contribution < 1.29 is 22.7 Å². The van der Waals surface area contributed by atoms with Crippen LogP contribution >= 0.6 is 0 Å². The summed E-state index contributed by atoms with van der Waals surface area (Å²) in [6.45, 7) is 8.70. The summed E-state index contributed by atoms with van der Waals surface area (Å²) in [7, 11) is -2.53. The molecule has 3 aromatic carbocycles. The maximum atomic E-state index is 14.0. The second-order valence-electron chi connectivity index (χ2n) is 9.82. The Morgan fingerprint density at radius 1 is 0.923 bits per heavy atom. The summed E-state index contributed by atoms with van der Waals surface area (Å²) in [5.74, 6) is -0.162. The summed E-state index contributed by atoms with van der Waals surface area (Å²) in [5, 5.41) is 2.85. The van der Waals surface area contributed by atoms with Crippen molar-refractivity contribution in [3.8, 4) is 5.75 Å². The third-order valence-electron chi connectivity index (χ3n) is 6.34. The van der Waals surface area contributed by atoms with Crippen molar-refractivity contribution in [3.05, 3.63) is 89.5 Å². The van der Waals surface area contributed by atoms with E-state index in [-0.39, 0.29) is 23.4 Å². The Bertz CT molecular complexity index is 1390. The first-order chi connectivity index (χ1) is 18.4. The van der Waals surface area contributed by atoms with Gasteiger partial charge in [0, 0.05) is 12.6 Å². The van der Waals surface area contributed by atoms with Gasteiger partial charge in [0.1, 0.15) is 18.3 Å². The second-order valence-corrected chi connectivity index (χ2v) is 11.7. The summed E-state index contributed by atoms with van der Waals surface area (Å²) in [6.07, 6.45) is 0. The number of hydrogen-bond acceptors (Lipinski definition) is 5. The molecule has 8 nitrogen and oxygen atoms in total. The lowest BCUT2D eigenvalue weighted by Crippen LogP contribution is -2.52. The summed E-state index contributed by atoms with van der Waals surface area (Å²) < 4.78 is 34.1. The Morgan fingerprint density at radius 3 is 2.13 bits per heavy atom. The molecular weight excluding hydrogens is 514 g/mol. The molecule has 0 fully saturated rings. The van der Waals surface area contributed by atoms with E-state index in [4.69, 9.17) is 4.74 Å². The summed E-state index contributed by atoms with van der Waals surface area (Å²) >= 11 is 0. The van der Waals surface area contributed by atoms with Gasteiger partial charge >= 0.3 is 0 Å². The lowest BCUT2D eigenvalue weighted by Gasteiger charge is -2.32. The van der Waals surface area contributed by atoms with Gasteiger partial charge in [-0.2, -0.15) is 0 Å². The topological polar surface area (TPSA) is 96.0 Å². The monoisotopic (exact) mass is 551 g/mol. The highest BCUT2D eigenvalue weighted by atomic mass is 32.2. The fourth-order valence-corrected chi connectivity index (χ4v) is 5.73. The summed E-state index contributed by atoms with van der Waals surface area (Å²) in [6, 6.07) is 19.6. The second kappa shape index (κ2) is 12.8. The fraction of sp³-hybridized carbons (Fsp3) is 0.333. The molecular formula is C30H37N3O5S. The minimum absolute atomic E-state index is 0.0741. The Balaban J connectivity index is 2.04. The first-order valence-corrected chi connectivity index (χ1v) is 14.3. The number of hydrogen-bond donors (Lipinski definition) is 1. The molecule has 9 heteroatoms. The van der Waals surface area contributed by atoms with E-state index < -0.39 is 28.5 Å². The van der Waals surface area contributed by atoms with E-state index >= 15 is 0 Å². The zero-order valence-electron chi connectivity index (χ0n) is 23.3. The third kappa shape index (κ3) is 7.38. The summed E-state index contributed by atoms with van der Waals surface area (Å²) in [5.41, 5.74) is 2.87. The lowest BCUT2D eigenvalue weighted by atomic mass is 10.1. The molecule has 3 rings (SSSR count). The molecule has 0 aliphatic heterocycles. The van der Waals surface area contributed by atoms with Gasteiger partial charge in [-0.3, -0.25) is 13.9 Å². The van der Waals surface area contributed by atoms with Crippen LogP contribution in [0.4, 0.5) is 5.69 Å². The van der Waals surface area contributed by atoms with E-state index in [1.54, 1.807) is 50.4 Å². The van der Waals surface area contributed by atoms with Crippen molar-refractivity contribution in [1.29, 1.82) is 0 Å². The number of rotatable bonds is 11. The molecule has 0 spiro atoms. The molecule has 0 unspecified atom stereocenters. The van der Waals surface area contributed by atoms with Crippen LogP contribution in [0.1, 0.15) is 37.5 Å². The van der Waals surface area contributed by atoms with Crippen molar-refractivity contribution in [2.45, 2.75) is 58.1 Å². The van der Waals surface area contributed by atoms with E-state index in [0.29, 0.717) is 11.4 Å². The number of methoxy groups -OCH3 is 1.